The SMILES string of the molecule is CN(C)CC(N)C1CCCCC1. The molecule has 0 radical (unpaired) electrons. The average molecular weight is 170 g/mol. The molecule has 1 atom stereocenters. The van der Waals surface area contributed by atoms with Gasteiger partial charge in [-0.2, -0.15) is 0 Å². The summed E-state index contributed by atoms with van der Waals surface area (Å²) in [5.41, 5.74) is 6.11. The molecule has 0 saturated heterocycles. The van der Waals surface area contributed by atoms with Crippen molar-refractivity contribution in [2.45, 2.75) is 38.1 Å². The summed E-state index contributed by atoms with van der Waals surface area (Å²) in [6, 6.07) is 0.403. The molecule has 0 heterocycles. The average Bonchev–Trinajstić information content (AvgIpc) is 2.05. The fraction of sp³-hybridized carbons (Fsp3) is 1.00. The van der Waals surface area contributed by atoms with Gasteiger partial charge in [0.2, 0.25) is 0 Å². The van der Waals surface area contributed by atoms with Crippen LogP contribution < -0.4 is 5.73 Å². The number of likely N-dealkylation sites (N-methyl/N-ethyl adjacent to an activating group) is 1. The van der Waals surface area contributed by atoms with E-state index in [0.717, 1.165) is 12.5 Å². The van der Waals surface area contributed by atoms with E-state index in [9.17, 15) is 0 Å². The van der Waals surface area contributed by atoms with Crippen molar-refractivity contribution in [2.24, 2.45) is 11.7 Å². The lowest BCUT2D eigenvalue weighted by molar-refractivity contribution is 0.255. The molecule has 72 valence electrons. The minimum Gasteiger partial charge on any atom is -0.326 e. The smallest absolute Gasteiger partial charge is 0.0196 e. The van der Waals surface area contributed by atoms with Gasteiger partial charge in [0, 0.05) is 12.6 Å². The van der Waals surface area contributed by atoms with Crippen molar-refractivity contribution >= 4 is 0 Å². The maximum absolute atomic E-state index is 6.11. The van der Waals surface area contributed by atoms with Crippen LogP contribution >= 0.6 is 0 Å². The van der Waals surface area contributed by atoms with E-state index in [1.54, 1.807) is 0 Å². The van der Waals surface area contributed by atoms with E-state index in [2.05, 4.69) is 19.0 Å². The van der Waals surface area contributed by atoms with Crippen LogP contribution in [0.4, 0.5) is 0 Å². The first-order valence-electron chi connectivity index (χ1n) is 5.10. The zero-order chi connectivity index (χ0) is 8.97. The second-order valence-electron chi connectivity index (χ2n) is 4.32. The first-order chi connectivity index (χ1) is 5.70. The molecule has 1 aliphatic carbocycles. The quantitative estimate of drug-likeness (QED) is 0.694. The summed E-state index contributed by atoms with van der Waals surface area (Å²) in [4.78, 5) is 2.19. The Morgan fingerprint density at radius 3 is 2.33 bits per heavy atom. The van der Waals surface area contributed by atoms with Crippen LogP contribution in [0.15, 0.2) is 0 Å². The minimum atomic E-state index is 0.403. The van der Waals surface area contributed by atoms with Crippen LogP contribution in [0.25, 0.3) is 0 Å². The van der Waals surface area contributed by atoms with Crippen molar-refractivity contribution in [3.8, 4) is 0 Å². The van der Waals surface area contributed by atoms with Gasteiger partial charge in [-0.3, -0.25) is 0 Å². The van der Waals surface area contributed by atoms with E-state index in [-0.39, 0.29) is 0 Å². The molecule has 2 heteroatoms. The Morgan fingerprint density at radius 2 is 1.83 bits per heavy atom. The van der Waals surface area contributed by atoms with E-state index in [0.29, 0.717) is 6.04 Å². The van der Waals surface area contributed by atoms with Gasteiger partial charge in [-0.15, -0.1) is 0 Å². The first kappa shape index (κ1) is 10.0. The Balaban J connectivity index is 2.24. The van der Waals surface area contributed by atoms with Crippen LogP contribution in [0.2, 0.25) is 0 Å². The number of nitrogens with two attached hydrogens (primary N) is 1. The topological polar surface area (TPSA) is 29.3 Å². The normalized spacial score (nSPS) is 23.0. The molecule has 0 bridgehead atoms. The fourth-order valence-corrected chi connectivity index (χ4v) is 2.13. The Labute approximate surface area is 76.1 Å². The van der Waals surface area contributed by atoms with Gasteiger partial charge in [-0.25, -0.2) is 0 Å². The van der Waals surface area contributed by atoms with Crippen LogP contribution in [0.5, 0.6) is 0 Å². The maximum Gasteiger partial charge on any atom is 0.0196 e. The van der Waals surface area contributed by atoms with E-state index in [1.165, 1.54) is 32.1 Å². The molecule has 2 N–H and O–H groups in total. The fourth-order valence-electron chi connectivity index (χ4n) is 2.13. The van der Waals surface area contributed by atoms with Gasteiger partial charge in [0.05, 0.1) is 0 Å². The summed E-state index contributed by atoms with van der Waals surface area (Å²) in [6.07, 6.45) is 6.92. The van der Waals surface area contributed by atoms with Crippen molar-refractivity contribution in [2.75, 3.05) is 20.6 Å². The lowest BCUT2D eigenvalue weighted by atomic mass is 9.84. The molecule has 1 saturated carbocycles. The second kappa shape index (κ2) is 4.83. The predicted molar refractivity (Wildman–Crippen MR) is 53.1 cm³/mol. The van der Waals surface area contributed by atoms with Gasteiger partial charge in [-0.1, -0.05) is 19.3 Å². The van der Waals surface area contributed by atoms with Crippen LogP contribution in [0.1, 0.15) is 32.1 Å². The van der Waals surface area contributed by atoms with Crippen molar-refractivity contribution in [3.63, 3.8) is 0 Å². The van der Waals surface area contributed by atoms with E-state index >= 15 is 0 Å². The molecule has 1 rings (SSSR count). The summed E-state index contributed by atoms with van der Waals surface area (Å²) < 4.78 is 0. The molecule has 2 nitrogen and oxygen atoms in total. The summed E-state index contributed by atoms with van der Waals surface area (Å²) in [5, 5.41) is 0. The lowest BCUT2D eigenvalue weighted by Gasteiger charge is -2.29. The summed E-state index contributed by atoms with van der Waals surface area (Å²) >= 11 is 0. The van der Waals surface area contributed by atoms with Crippen LogP contribution in [0, 0.1) is 5.92 Å². The van der Waals surface area contributed by atoms with Crippen LogP contribution in [-0.4, -0.2) is 31.6 Å². The molecule has 0 spiro atoms. The molecule has 0 amide bonds. The highest BCUT2D eigenvalue weighted by atomic mass is 15.1. The first-order valence-corrected chi connectivity index (χ1v) is 5.10. The Bertz CT molecular complexity index is 117. The highest BCUT2D eigenvalue weighted by Gasteiger charge is 2.20. The molecule has 1 fully saturated rings. The second-order valence-corrected chi connectivity index (χ2v) is 4.32. The van der Waals surface area contributed by atoms with Crippen molar-refractivity contribution in [1.29, 1.82) is 0 Å². The summed E-state index contributed by atoms with van der Waals surface area (Å²) in [5.74, 6) is 0.793. The zero-order valence-electron chi connectivity index (χ0n) is 8.42. The number of nitrogens with zero attached hydrogens (tertiary/aromatic N) is 1. The van der Waals surface area contributed by atoms with E-state index in [4.69, 9.17) is 5.73 Å². The molecule has 0 aromatic carbocycles. The van der Waals surface area contributed by atoms with E-state index in [1.807, 2.05) is 0 Å². The number of hydrogen-bond acceptors (Lipinski definition) is 2. The number of hydrogen-bond donors (Lipinski definition) is 1. The van der Waals surface area contributed by atoms with Gasteiger partial charge >= 0.3 is 0 Å². The standard InChI is InChI=1S/C10H22N2/c1-12(2)8-10(11)9-6-4-3-5-7-9/h9-10H,3-8,11H2,1-2H3. The van der Waals surface area contributed by atoms with Gasteiger partial charge in [0.15, 0.2) is 0 Å². The maximum atomic E-state index is 6.11. The molecule has 1 aliphatic rings. The molecular weight excluding hydrogens is 148 g/mol. The molecule has 0 aromatic heterocycles. The monoisotopic (exact) mass is 170 g/mol. The molecule has 0 aromatic rings. The predicted octanol–water partition coefficient (Wildman–Crippen LogP) is 1.46. The Hall–Kier alpha value is -0.0800. The largest absolute Gasteiger partial charge is 0.326 e. The van der Waals surface area contributed by atoms with Gasteiger partial charge in [0.1, 0.15) is 0 Å². The zero-order valence-corrected chi connectivity index (χ0v) is 8.42. The van der Waals surface area contributed by atoms with Gasteiger partial charge in [0.25, 0.3) is 0 Å². The van der Waals surface area contributed by atoms with Gasteiger partial charge in [-0.05, 0) is 32.9 Å². The minimum absolute atomic E-state index is 0.403. The Kier molecular flexibility index (Phi) is 4.02. The third kappa shape index (κ3) is 3.11. The lowest BCUT2D eigenvalue weighted by Crippen LogP contribution is -2.40. The highest BCUT2D eigenvalue weighted by molar-refractivity contribution is 4.77. The Morgan fingerprint density at radius 1 is 1.25 bits per heavy atom. The molecule has 1 unspecified atom stereocenters. The third-order valence-corrected chi connectivity index (χ3v) is 2.83. The summed E-state index contributed by atoms with van der Waals surface area (Å²) in [6.45, 7) is 1.05. The molecular formula is C10H22N2. The highest BCUT2D eigenvalue weighted by Crippen LogP contribution is 2.25. The van der Waals surface area contributed by atoms with Crippen molar-refractivity contribution < 1.29 is 0 Å². The van der Waals surface area contributed by atoms with Crippen LogP contribution in [-0.2, 0) is 0 Å². The van der Waals surface area contributed by atoms with Crippen LogP contribution in [0.3, 0.4) is 0 Å². The molecule has 12 heavy (non-hydrogen) atoms. The van der Waals surface area contributed by atoms with Crippen molar-refractivity contribution in [3.05, 3.63) is 0 Å². The van der Waals surface area contributed by atoms with Crippen molar-refractivity contribution in [1.82, 2.24) is 4.90 Å². The summed E-state index contributed by atoms with van der Waals surface area (Å²) in [7, 11) is 4.20. The number of rotatable bonds is 3. The third-order valence-electron chi connectivity index (χ3n) is 2.83. The van der Waals surface area contributed by atoms with Gasteiger partial charge < -0.3 is 10.6 Å². The molecule has 0 aliphatic heterocycles. The van der Waals surface area contributed by atoms with E-state index < -0.39 is 0 Å².